The topological polar surface area (TPSA) is 118 Å². The summed E-state index contributed by atoms with van der Waals surface area (Å²) in [7, 11) is 0. The van der Waals surface area contributed by atoms with E-state index < -0.39 is 29.9 Å². The molecule has 0 atom stereocenters. The van der Waals surface area contributed by atoms with E-state index in [0.717, 1.165) is 4.57 Å². The fraction of sp³-hybridized carbons (Fsp3) is 0.300. The fourth-order valence-electron chi connectivity index (χ4n) is 3.20. The number of hydrogen-bond acceptors (Lipinski definition) is 4. The zero-order chi connectivity index (χ0) is 20.5. The summed E-state index contributed by atoms with van der Waals surface area (Å²) in [6, 6.07) is 9.63. The summed E-state index contributed by atoms with van der Waals surface area (Å²) < 4.78 is 1.06. The lowest BCUT2D eigenvalue weighted by molar-refractivity contribution is -0.137. The van der Waals surface area contributed by atoms with Gasteiger partial charge in [0.05, 0.1) is 5.56 Å². The van der Waals surface area contributed by atoms with Gasteiger partial charge >= 0.3 is 5.97 Å². The molecule has 0 aliphatic carbocycles. The summed E-state index contributed by atoms with van der Waals surface area (Å²) >= 11 is 0. The van der Waals surface area contributed by atoms with Crippen molar-refractivity contribution < 1.29 is 19.5 Å². The molecule has 3 N–H and O–H groups in total. The zero-order valence-electron chi connectivity index (χ0n) is 15.6. The van der Waals surface area contributed by atoms with Crippen LogP contribution in [0.25, 0.3) is 0 Å². The van der Waals surface area contributed by atoms with Crippen LogP contribution in [0, 0.1) is 5.41 Å². The SMILES string of the molecule is CC1(C)CNC(=O)c2cc(NC(=O)c3ccccc3)c(=O)n(CC(=O)O)c2C1. The second-order valence-corrected chi connectivity index (χ2v) is 7.55. The Morgan fingerprint density at radius 3 is 2.54 bits per heavy atom. The molecule has 1 aromatic carbocycles. The average Bonchev–Trinajstić information content (AvgIpc) is 2.75. The molecule has 8 nitrogen and oxygen atoms in total. The molecule has 0 radical (unpaired) electrons. The molecule has 3 rings (SSSR count). The molecule has 0 saturated carbocycles. The molecule has 28 heavy (non-hydrogen) atoms. The van der Waals surface area contributed by atoms with Gasteiger partial charge in [0.1, 0.15) is 12.2 Å². The number of benzene rings is 1. The van der Waals surface area contributed by atoms with Gasteiger partial charge in [0.15, 0.2) is 0 Å². The van der Waals surface area contributed by atoms with E-state index >= 15 is 0 Å². The highest BCUT2D eigenvalue weighted by Crippen LogP contribution is 2.27. The smallest absolute Gasteiger partial charge is 0.323 e. The van der Waals surface area contributed by atoms with Crippen LogP contribution in [0.3, 0.4) is 0 Å². The molecule has 1 aliphatic heterocycles. The average molecular weight is 383 g/mol. The van der Waals surface area contributed by atoms with Gasteiger partial charge in [0, 0.05) is 17.8 Å². The number of rotatable bonds is 4. The third-order valence-electron chi connectivity index (χ3n) is 4.60. The number of carbonyl (C=O) groups is 3. The molecule has 146 valence electrons. The molecule has 8 heteroatoms. The molecule has 1 aliphatic rings. The normalized spacial score (nSPS) is 15.1. The molecule has 0 unspecified atom stereocenters. The van der Waals surface area contributed by atoms with Crippen LogP contribution in [-0.4, -0.2) is 34.0 Å². The van der Waals surface area contributed by atoms with Crippen molar-refractivity contribution >= 4 is 23.5 Å². The maximum atomic E-state index is 12.9. The van der Waals surface area contributed by atoms with Crippen LogP contribution in [0.5, 0.6) is 0 Å². The summed E-state index contributed by atoms with van der Waals surface area (Å²) in [6.07, 6.45) is 0.344. The predicted molar refractivity (Wildman–Crippen MR) is 103 cm³/mol. The Bertz CT molecular complexity index is 1010. The summed E-state index contributed by atoms with van der Waals surface area (Å²) in [6.45, 7) is 3.62. The summed E-state index contributed by atoms with van der Waals surface area (Å²) in [4.78, 5) is 49.3. The summed E-state index contributed by atoms with van der Waals surface area (Å²) in [5.74, 6) is -2.14. The van der Waals surface area contributed by atoms with Crippen molar-refractivity contribution in [1.82, 2.24) is 9.88 Å². The van der Waals surface area contributed by atoms with E-state index in [1.807, 2.05) is 13.8 Å². The van der Waals surface area contributed by atoms with Gasteiger partial charge in [-0.15, -0.1) is 0 Å². The Hall–Kier alpha value is -3.42. The predicted octanol–water partition coefficient (Wildman–Crippen LogP) is 1.50. The highest BCUT2D eigenvalue weighted by atomic mass is 16.4. The first-order chi connectivity index (χ1) is 13.2. The third kappa shape index (κ3) is 3.95. The van der Waals surface area contributed by atoms with Crippen molar-refractivity contribution in [2.24, 2.45) is 5.41 Å². The van der Waals surface area contributed by atoms with Crippen LogP contribution in [0.2, 0.25) is 0 Å². The Balaban J connectivity index is 2.12. The van der Waals surface area contributed by atoms with Crippen LogP contribution in [0.1, 0.15) is 40.3 Å². The van der Waals surface area contributed by atoms with Crippen molar-refractivity contribution in [3.05, 3.63) is 63.6 Å². The number of carbonyl (C=O) groups excluding carboxylic acids is 2. The molecule has 2 heterocycles. The lowest BCUT2D eigenvalue weighted by atomic mass is 9.87. The molecule has 0 spiro atoms. The van der Waals surface area contributed by atoms with Crippen LogP contribution < -0.4 is 16.2 Å². The van der Waals surface area contributed by atoms with Crippen molar-refractivity contribution in [2.45, 2.75) is 26.8 Å². The highest BCUT2D eigenvalue weighted by Gasteiger charge is 2.31. The Kier molecular flexibility index (Phi) is 5.04. The highest BCUT2D eigenvalue weighted by molar-refractivity contribution is 6.05. The second-order valence-electron chi connectivity index (χ2n) is 7.55. The molecule has 1 aromatic heterocycles. The summed E-state index contributed by atoms with van der Waals surface area (Å²) in [5, 5.41) is 14.6. The minimum atomic E-state index is -1.21. The number of carboxylic acid groups (broad SMARTS) is 1. The number of amides is 2. The van der Waals surface area contributed by atoms with Crippen molar-refractivity contribution in [1.29, 1.82) is 0 Å². The number of aromatic nitrogens is 1. The lowest BCUT2D eigenvalue weighted by Gasteiger charge is -2.23. The van der Waals surface area contributed by atoms with Gasteiger partial charge in [0.2, 0.25) is 0 Å². The van der Waals surface area contributed by atoms with E-state index in [0.29, 0.717) is 24.2 Å². The monoisotopic (exact) mass is 383 g/mol. The lowest BCUT2D eigenvalue weighted by Crippen LogP contribution is -2.33. The molecule has 0 fully saturated rings. The van der Waals surface area contributed by atoms with Crippen LogP contribution in [-0.2, 0) is 17.8 Å². The first-order valence-electron chi connectivity index (χ1n) is 8.81. The molecular weight excluding hydrogens is 362 g/mol. The zero-order valence-corrected chi connectivity index (χ0v) is 15.6. The van der Waals surface area contributed by atoms with Crippen molar-refractivity contribution in [3.63, 3.8) is 0 Å². The third-order valence-corrected chi connectivity index (χ3v) is 4.60. The van der Waals surface area contributed by atoms with Crippen LogP contribution in [0.15, 0.2) is 41.2 Å². The number of hydrogen-bond donors (Lipinski definition) is 3. The van der Waals surface area contributed by atoms with Gasteiger partial charge in [-0.2, -0.15) is 0 Å². The maximum Gasteiger partial charge on any atom is 0.323 e. The van der Waals surface area contributed by atoms with E-state index in [1.165, 1.54) is 6.07 Å². The van der Waals surface area contributed by atoms with Crippen LogP contribution in [0.4, 0.5) is 5.69 Å². The Morgan fingerprint density at radius 1 is 1.21 bits per heavy atom. The first kappa shape index (κ1) is 19.3. The minimum absolute atomic E-state index is 0.135. The quantitative estimate of drug-likeness (QED) is 0.740. The van der Waals surface area contributed by atoms with E-state index in [4.69, 9.17) is 0 Å². The molecule has 2 aromatic rings. The fourth-order valence-corrected chi connectivity index (χ4v) is 3.20. The number of nitrogens with one attached hydrogen (secondary N) is 2. The van der Waals surface area contributed by atoms with Gasteiger partial charge in [0.25, 0.3) is 17.4 Å². The van der Waals surface area contributed by atoms with E-state index in [9.17, 15) is 24.3 Å². The summed E-state index contributed by atoms with van der Waals surface area (Å²) in [5.41, 5.74) is -0.269. The molecule has 0 bridgehead atoms. The van der Waals surface area contributed by atoms with Gasteiger partial charge in [-0.3, -0.25) is 23.7 Å². The Morgan fingerprint density at radius 2 is 1.89 bits per heavy atom. The van der Waals surface area contributed by atoms with E-state index in [1.54, 1.807) is 30.3 Å². The standard InChI is InChI=1S/C20H21N3O5/c1-20(2)9-15-13(18(27)21-11-20)8-14(19(28)23(15)10-16(24)25)22-17(26)12-6-4-3-5-7-12/h3-8H,9-11H2,1-2H3,(H,21,27)(H,22,26)(H,24,25). The van der Waals surface area contributed by atoms with Gasteiger partial charge < -0.3 is 15.7 Å². The maximum absolute atomic E-state index is 12.9. The van der Waals surface area contributed by atoms with Gasteiger partial charge in [-0.05, 0) is 30.0 Å². The van der Waals surface area contributed by atoms with Crippen molar-refractivity contribution in [3.8, 4) is 0 Å². The largest absolute Gasteiger partial charge is 0.480 e. The van der Waals surface area contributed by atoms with Gasteiger partial charge in [-0.1, -0.05) is 32.0 Å². The first-order valence-corrected chi connectivity index (χ1v) is 8.81. The van der Waals surface area contributed by atoms with E-state index in [-0.39, 0.29) is 16.7 Å². The van der Waals surface area contributed by atoms with Gasteiger partial charge in [-0.25, -0.2) is 0 Å². The van der Waals surface area contributed by atoms with Crippen molar-refractivity contribution in [2.75, 3.05) is 11.9 Å². The molecule has 2 amide bonds. The van der Waals surface area contributed by atoms with Crippen LogP contribution >= 0.6 is 0 Å². The number of nitrogens with zero attached hydrogens (tertiary/aromatic N) is 1. The number of aliphatic carboxylic acids is 1. The number of carboxylic acids is 1. The molecule has 0 saturated heterocycles. The number of fused-ring (bicyclic) bond motifs is 1. The molecular formula is C20H21N3O5. The number of anilines is 1. The second kappa shape index (κ2) is 7.30. The Labute approximate surface area is 161 Å². The number of pyridine rings is 1. The minimum Gasteiger partial charge on any atom is -0.480 e. The van der Waals surface area contributed by atoms with E-state index in [2.05, 4.69) is 10.6 Å².